The number of carbonyl (C=O) groups is 3. The maximum atomic E-state index is 14.1. The van der Waals surface area contributed by atoms with Gasteiger partial charge < -0.3 is 5.32 Å². The Kier molecular flexibility index (Phi) is 4.27. The van der Waals surface area contributed by atoms with Gasteiger partial charge in [0, 0.05) is 11.1 Å². The molecule has 3 amide bonds. The van der Waals surface area contributed by atoms with Crippen molar-refractivity contribution < 1.29 is 27.6 Å². The Bertz CT molecular complexity index is 914. The number of benzene rings is 2. The smallest absolute Gasteiger partial charge is 0.319 e. The Morgan fingerprint density at radius 3 is 2.31 bits per heavy atom. The number of Topliss-reactive ketones (excluding diaryl/α,β-unsaturated/α-hetero) is 1. The molecule has 2 aromatic carbocycles. The Balaban J connectivity index is 1.88. The maximum Gasteiger partial charge on any atom is 0.325 e. The predicted octanol–water partition coefficient (Wildman–Crippen LogP) is 2.75. The van der Waals surface area contributed by atoms with Gasteiger partial charge in [-0.3, -0.25) is 14.5 Å². The standard InChI is InChI=1S/C18H13F3N2O3/c1-18(13-8-12(20)6-7-14(13)21)16(25)23(17(26)22-18)9-15(24)10-2-4-11(19)5-3-10/h2-8H,9H2,1H3,(H,22,26)/t18-/m1/s1. The summed E-state index contributed by atoms with van der Waals surface area (Å²) >= 11 is 0. The molecule has 26 heavy (non-hydrogen) atoms. The molecule has 134 valence electrons. The lowest BCUT2D eigenvalue weighted by molar-refractivity contribution is -0.130. The van der Waals surface area contributed by atoms with Crippen molar-refractivity contribution in [2.45, 2.75) is 12.5 Å². The Hall–Kier alpha value is -3.16. The minimum absolute atomic E-state index is 0.109. The first kappa shape index (κ1) is 17.7. The van der Waals surface area contributed by atoms with Crippen molar-refractivity contribution in [1.82, 2.24) is 10.2 Å². The van der Waals surface area contributed by atoms with Crippen molar-refractivity contribution in [1.29, 1.82) is 0 Å². The maximum absolute atomic E-state index is 14.1. The lowest BCUT2D eigenvalue weighted by atomic mass is 9.91. The number of hydrogen-bond acceptors (Lipinski definition) is 3. The molecule has 3 rings (SSSR count). The first-order chi connectivity index (χ1) is 12.2. The molecular weight excluding hydrogens is 349 g/mol. The number of nitrogens with one attached hydrogen (secondary N) is 1. The van der Waals surface area contributed by atoms with E-state index in [1.54, 1.807) is 0 Å². The molecule has 1 aliphatic heterocycles. The van der Waals surface area contributed by atoms with E-state index in [4.69, 9.17) is 0 Å². The zero-order chi connectivity index (χ0) is 19.1. The Morgan fingerprint density at radius 1 is 1.04 bits per heavy atom. The van der Waals surface area contributed by atoms with Crippen LogP contribution in [0.2, 0.25) is 0 Å². The van der Waals surface area contributed by atoms with E-state index in [0.717, 1.165) is 30.3 Å². The highest BCUT2D eigenvalue weighted by atomic mass is 19.1. The fourth-order valence-electron chi connectivity index (χ4n) is 2.77. The Morgan fingerprint density at radius 2 is 1.65 bits per heavy atom. The summed E-state index contributed by atoms with van der Waals surface area (Å²) in [7, 11) is 0. The molecule has 0 unspecified atom stereocenters. The molecule has 0 spiro atoms. The topological polar surface area (TPSA) is 66.5 Å². The average Bonchev–Trinajstić information content (AvgIpc) is 2.81. The van der Waals surface area contributed by atoms with Crippen molar-refractivity contribution >= 4 is 17.7 Å². The zero-order valence-corrected chi connectivity index (χ0v) is 13.6. The zero-order valence-electron chi connectivity index (χ0n) is 13.6. The number of hydrogen-bond donors (Lipinski definition) is 1. The summed E-state index contributed by atoms with van der Waals surface area (Å²) in [4.78, 5) is 37.7. The van der Waals surface area contributed by atoms with Crippen molar-refractivity contribution in [2.75, 3.05) is 6.54 Å². The van der Waals surface area contributed by atoms with Gasteiger partial charge in [-0.15, -0.1) is 0 Å². The second kappa shape index (κ2) is 6.29. The number of imide groups is 1. The van der Waals surface area contributed by atoms with E-state index in [1.807, 2.05) is 0 Å². The quantitative estimate of drug-likeness (QED) is 0.672. The number of urea groups is 1. The number of nitrogens with zero attached hydrogens (tertiary/aromatic N) is 1. The normalized spacial score (nSPS) is 19.6. The highest BCUT2D eigenvalue weighted by Gasteiger charge is 2.50. The van der Waals surface area contributed by atoms with Crippen LogP contribution in [0.5, 0.6) is 0 Å². The van der Waals surface area contributed by atoms with E-state index in [2.05, 4.69) is 5.32 Å². The van der Waals surface area contributed by atoms with Gasteiger partial charge in [0.05, 0.1) is 6.54 Å². The van der Waals surface area contributed by atoms with Crippen molar-refractivity contribution in [2.24, 2.45) is 0 Å². The third-order valence-electron chi connectivity index (χ3n) is 4.21. The van der Waals surface area contributed by atoms with Crippen LogP contribution in [0.15, 0.2) is 42.5 Å². The highest BCUT2D eigenvalue weighted by molar-refractivity contribution is 6.11. The van der Waals surface area contributed by atoms with Gasteiger partial charge in [0.25, 0.3) is 5.91 Å². The minimum Gasteiger partial charge on any atom is -0.319 e. The molecule has 5 nitrogen and oxygen atoms in total. The first-order valence-corrected chi connectivity index (χ1v) is 7.61. The van der Waals surface area contributed by atoms with Crippen LogP contribution in [0.25, 0.3) is 0 Å². The average molecular weight is 362 g/mol. The molecule has 0 bridgehead atoms. The molecule has 1 aliphatic rings. The number of rotatable bonds is 4. The van der Waals surface area contributed by atoms with Crippen LogP contribution in [-0.4, -0.2) is 29.2 Å². The van der Waals surface area contributed by atoms with Gasteiger partial charge >= 0.3 is 6.03 Å². The van der Waals surface area contributed by atoms with E-state index in [-0.39, 0.29) is 11.1 Å². The number of amides is 3. The summed E-state index contributed by atoms with van der Waals surface area (Å²) in [6.07, 6.45) is 0. The highest BCUT2D eigenvalue weighted by Crippen LogP contribution is 2.31. The monoisotopic (exact) mass is 362 g/mol. The summed E-state index contributed by atoms with van der Waals surface area (Å²) in [6.45, 7) is 0.621. The third kappa shape index (κ3) is 2.94. The van der Waals surface area contributed by atoms with Crippen LogP contribution in [0.3, 0.4) is 0 Å². The Labute approximate surface area is 146 Å². The second-order valence-electron chi connectivity index (χ2n) is 6.00. The molecule has 1 fully saturated rings. The lowest BCUT2D eigenvalue weighted by Crippen LogP contribution is -2.42. The summed E-state index contributed by atoms with van der Waals surface area (Å²) < 4.78 is 40.5. The molecule has 2 aromatic rings. The summed E-state index contributed by atoms with van der Waals surface area (Å²) in [5.74, 6) is -3.66. The van der Waals surface area contributed by atoms with E-state index in [0.29, 0.717) is 4.90 Å². The minimum atomic E-state index is -1.84. The van der Waals surface area contributed by atoms with Crippen molar-refractivity contribution in [3.8, 4) is 0 Å². The van der Waals surface area contributed by atoms with Crippen LogP contribution >= 0.6 is 0 Å². The predicted molar refractivity (Wildman–Crippen MR) is 84.7 cm³/mol. The fourth-order valence-corrected chi connectivity index (χ4v) is 2.77. The second-order valence-corrected chi connectivity index (χ2v) is 6.00. The molecular formula is C18H13F3N2O3. The molecule has 1 atom stereocenters. The van der Waals surface area contributed by atoms with Gasteiger partial charge in [-0.1, -0.05) is 0 Å². The molecule has 0 aliphatic carbocycles. The summed E-state index contributed by atoms with van der Waals surface area (Å²) in [5, 5.41) is 2.30. The van der Waals surface area contributed by atoms with Gasteiger partial charge in [0.1, 0.15) is 23.0 Å². The van der Waals surface area contributed by atoms with Gasteiger partial charge in [-0.05, 0) is 49.4 Å². The fraction of sp³-hybridized carbons (Fsp3) is 0.167. The van der Waals surface area contributed by atoms with Crippen LogP contribution in [0, 0.1) is 17.5 Å². The largest absolute Gasteiger partial charge is 0.325 e. The van der Waals surface area contributed by atoms with E-state index >= 15 is 0 Å². The first-order valence-electron chi connectivity index (χ1n) is 7.61. The number of carbonyl (C=O) groups excluding carboxylic acids is 3. The number of halogens is 3. The van der Waals surface area contributed by atoms with Gasteiger partial charge in [0.2, 0.25) is 0 Å². The van der Waals surface area contributed by atoms with E-state index < -0.39 is 47.3 Å². The van der Waals surface area contributed by atoms with E-state index in [9.17, 15) is 27.6 Å². The van der Waals surface area contributed by atoms with Gasteiger partial charge in [-0.25, -0.2) is 18.0 Å². The molecule has 0 saturated carbocycles. The molecule has 0 aromatic heterocycles. The van der Waals surface area contributed by atoms with Crippen molar-refractivity contribution in [3.63, 3.8) is 0 Å². The van der Waals surface area contributed by atoms with Gasteiger partial charge in [0.15, 0.2) is 5.78 Å². The number of ketones is 1. The molecule has 0 radical (unpaired) electrons. The van der Waals surface area contributed by atoms with Crippen LogP contribution in [0.4, 0.5) is 18.0 Å². The SMILES string of the molecule is C[C@]1(c2cc(F)ccc2F)NC(=O)N(CC(=O)c2ccc(F)cc2)C1=O. The van der Waals surface area contributed by atoms with Crippen molar-refractivity contribution in [3.05, 3.63) is 71.0 Å². The summed E-state index contributed by atoms with van der Waals surface area (Å²) in [5.41, 5.74) is -2.07. The van der Waals surface area contributed by atoms with Crippen LogP contribution in [0.1, 0.15) is 22.8 Å². The third-order valence-corrected chi connectivity index (χ3v) is 4.21. The molecule has 1 N–H and O–H groups in total. The van der Waals surface area contributed by atoms with Crippen LogP contribution in [-0.2, 0) is 10.3 Å². The van der Waals surface area contributed by atoms with E-state index in [1.165, 1.54) is 19.1 Å². The van der Waals surface area contributed by atoms with Gasteiger partial charge in [-0.2, -0.15) is 0 Å². The summed E-state index contributed by atoms with van der Waals surface area (Å²) in [6, 6.07) is 6.25. The lowest BCUT2D eigenvalue weighted by Gasteiger charge is -2.22. The van der Waals surface area contributed by atoms with Crippen LogP contribution < -0.4 is 5.32 Å². The molecule has 1 saturated heterocycles. The molecule has 1 heterocycles. The molecule has 8 heteroatoms.